The van der Waals surface area contributed by atoms with E-state index in [-0.39, 0.29) is 11.7 Å². The lowest BCUT2D eigenvalue weighted by molar-refractivity contribution is 0.100. The average Bonchev–Trinajstić information content (AvgIpc) is 3.05. The minimum atomic E-state index is -0.217. The van der Waals surface area contributed by atoms with Crippen molar-refractivity contribution in [3.63, 3.8) is 0 Å². The number of nitrogens with zero attached hydrogens (tertiary/aromatic N) is 1. The Labute approximate surface area is 144 Å². The summed E-state index contributed by atoms with van der Waals surface area (Å²) < 4.78 is 0. The summed E-state index contributed by atoms with van der Waals surface area (Å²) >= 11 is 1.25. The Morgan fingerprint density at radius 2 is 1.75 bits per heavy atom. The predicted octanol–water partition coefficient (Wildman–Crippen LogP) is 4.19. The number of thiazole rings is 1. The number of hydrogen-bond acceptors (Lipinski definition) is 4. The van der Waals surface area contributed by atoms with E-state index in [9.17, 15) is 9.59 Å². The van der Waals surface area contributed by atoms with Crippen LogP contribution in [0.25, 0.3) is 0 Å². The molecular weight excluding hydrogens is 320 g/mol. The molecule has 0 unspecified atom stereocenters. The summed E-state index contributed by atoms with van der Waals surface area (Å²) in [6.45, 7) is 1.45. The molecule has 2 aromatic carbocycles. The predicted molar refractivity (Wildman–Crippen MR) is 95.8 cm³/mol. The van der Waals surface area contributed by atoms with Gasteiger partial charge >= 0.3 is 0 Å². The van der Waals surface area contributed by atoms with Gasteiger partial charge in [-0.1, -0.05) is 48.5 Å². The molecule has 0 spiro atoms. The van der Waals surface area contributed by atoms with Crippen LogP contribution >= 0.6 is 11.3 Å². The van der Waals surface area contributed by atoms with Gasteiger partial charge in [-0.25, -0.2) is 4.98 Å². The number of carbonyl (C=O) groups excluding carboxylic acids is 2. The molecule has 0 aliphatic heterocycles. The molecule has 0 fully saturated rings. The van der Waals surface area contributed by atoms with E-state index in [2.05, 4.69) is 10.3 Å². The Bertz CT molecular complexity index is 872. The van der Waals surface area contributed by atoms with Crippen LogP contribution in [0.2, 0.25) is 0 Å². The highest BCUT2D eigenvalue weighted by atomic mass is 32.1. The van der Waals surface area contributed by atoms with Crippen molar-refractivity contribution in [3.8, 4) is 0 Å². The fourth-order valence-electron chi connectivity index (χ4n) is 2.37. The Hall–Kier alpha value is -2.79. The van der Waals surface area contributed by atoms with Crippen molar-refractivity contribution in [2.45, 2.75) is 13.3 Å². The van der Waals surface area contributed by atoms with Gasteiger partial charge in [0.05, 0.1) is 0 Å². The first kappa shape index (κ1) is 16.1. The maximum atomic E-state index is 12.6. The number of Topliss-reactive ketones (excluding diaryl/α,β-unsaturated/α-hetero) is 1. The highest BCUT2D eigenvalue weighted by Gasteiger charge is 2.14. The quantitative estimate of drug-likeness (QED) is 0.711. The molecule has 4 nitrogen and oxygen atoms in total. The van der Waals surface area contributed by atoms with Gasteiger partial charge in [0.25, 0.3) is 5.91 Å². The lowest BCUT2D eigenvalue weighted by Crippen LogP contribution is -2.14. The fourth-order valence-corrected chi connectivity index (χ4v) is 3.11. The molecule has 0 saturated heterocycles. The lowest BCUT2D eigenvalue weighted by Gasteiger charge is -2.09. The van der Waals surface area contributed by atoms with Crippen molar-refractivity contribution < 1.29 is 9.59 Å². The van der Waals surface area contributed by atoms with E-state index in [1.165, 1.54) is 18.3 Å². The van der Waals surface area contributed by atoms with Gasteiger partial charge in [-0.2, -0.15) is 0 Å². The Kier molecular flexibility index (Phi) is 4.82. The van der Waals surface area contributed by atoms with Crippen molar-refractivity contribution in [2.24, 2.45) is 0 Å². The average molecular weight is 336 g/mol. The number of hydrogen-bond donors (Lipinski definition) is 1. The zero-order valence-corrected chi connectivity index (χ0v) is 14.0. The third-order valence-corrected chi connectivity index (χ3v) is 4.34. The zero-order chi connectivity index (χ0) is 16.9. The fraction of sp³-hybridized carbons (Fsp3) is 0.105. The summed E-state index contributed by atoms with van der Waals surface area (Å²) in [6, 6.07) is 17.5. The highest BCUT2D eigenvalue weighted by molar-refractivity contribution is 7.14. The van der Waals surface area contributed by atoms with Crippen molar-refractivity contribution in [2.75, 3.05) is 5.32 Å². The van der Waals surface area contributed by atoms with E-state index >= 15 is 0 Å². The molecule has 24 heavy (non-hydrogen) atoms. The summed E-state index contributed by atoms with van der Waals surface area (Å²) in [4.78, 5) is 28.0. The number of rotatable bonds is 5. The molecule has 0 atom stereocenters. The van der Waals surface area contributed by atoms with Crippen molar-refractivity contribution in [3.05, 3.63) is 82.4 Å². The van der Waals surface area contributed by atoms with Crippen LogP contribution in [0.5, 0.6) is 0 Å². The van der Waals surface area contributed by atoms with Crippen LogP contribution in [0.4, 0.5) is 5.13 Å². The number of nitrogens with one attached hydrogen (secondary N) is 1. The summed E-state index contributed by atoms with van der Waals surface area (Å²) in [5.41, 5.74) is 3.07. The molecule has 3 aromatic rings. The second-order valence-electron chi connectivity index (χ2n) is 5.37. The van der Waals surface area contributed by atoms with E-state index in [1.807, 2.05) is 48.5 Å². The maximum absolute atomic E-state index is 12.6. The Balaban J connectivity index is 1.80. The van der Waals surface area contributed by atoms with Crippen LogP contribution in [0.1, 0.15) is 38.9 Å². The van der Waals surface area contributed by atoms with Crippen LogP contribution in [0.3, 0.4) is 0 Å². The van der Waals surface area contributed by atoms with Gasteiger partial charge in [-0.05, 0) is 23.6 Å². The van der Waals surface area contributed by atoms with Gasteiger partial charge < -0.3 is 0 Å². The largest absolute Gasteiger partial charge is 0.298 e. The molecule has 5 heteroatoms. The minimum absolute atomic E-state index is 0.115. The second-order valence-corrected chi connectivity index (χ2v) is 6.23. The SMILES string of the molecule is CC(=O)c1csc(NC(=O)c2ccccc2Cc2ccccc2)n1. The van der Waals surface area contributed by atoms with Gasteiger partial charge in [0, 0.05) is 17.9 Å². The van der Waals surface area contributed by atoms with E-state index in [4.69, 9.17) is 0 Å². The summed E-state index contributed by atoms with van der Waals surface area (Å²) in [5.74, 6) is -0.331. The van der Waals surface area contributed by atoms with E-state index in [0.717, 1.165) is 11.1 Å². The Morgan fingerprint density at radius 1 is 1.04 bits per heavy atom. The maximum Gasteiger partial charge on any atom is 0.257 e. The number of amides is 1. The number of anilines is 1. The van der Waals surface area contributed by atoms with Crippen LogP contribution < -0.4 is 5.32 Å². The first-order valence-electron chi connectivity index (χ1n) is 7.53. The van der Waals surface area contributed by atoms with Crippen molar-refractivity contribution in [1.82, 2.24) is 4.98 Å². The van der Waals surface area contributed by atoms with Crippen molar-refractivity contribution in [1.29, 1.82) is 0 Å². The van der Waals surface area contributed by atoms with Gasteiger partial charge in [0.1, 0.15) is 5.69 Å². The van der Waals surface area contributed by atoms with Crippen LogP contribution in [0, 0.1) is 0 Å². The van der Waals surface area contributed by atoms with Gasteiger partial charge in [-0.15, -0.1) is 11.3 Å². The van der Waals surface area contributed by atoms with Gasteiger partial charge in [-0.3, -0.25) is 14.9 Å². The molecule has 0 bridgehead atoms. The summed E-state index contributed by atoms with van der Waals surface area (Å²) in [6.07, 6.45) is 0.682. The minimum Gasteiger partial charge on any atom is -0.298 e. The highest BCUT2D eigenvalue weighted by Crippen LogP contribution is 2.19. The third kappa shape index (κ3) is 3.75. The zero-order valence-electron chi connectivity index (χ0n) is 13.2. The lowest BCUT2D eigenvalue weighted by atomic mass is 9.99. The van der Waals surface area contributed by atoms with Crippen LogP contribution in [-0.4, -0.2) is 16.7 Å². The second kappa shape index (κ2) is 7.19. The first-order valence-corrected chi connectivity index (χ1v) is 8.41. The number of aromatic nitrogens is 1. The standard InChI is InChI=1S/C19H16N2O2S/c1-13(22)17-12-24-19(20-17)21-18(23)16-10-6-5-9-15(16)11-14-7-3-2-4-8-14/h2-10,12H,11H2,1H3,(H,20,21,23). The van der Waals surface area contributed by atoms with E-state index < -0.39 is 0 Å². The normalized spacial score (nSPS) is 10.4. The number of carbonyl (C=O) groups is 2. The van der Waals surface area contributed by atoms with Gasteiger partial charge in [0.15, 0.2) is 10.9 Å². The molecule has 0 aliphatic carbocycles. The van der Waals surface area contributed by atoms with Gasteiger partial charge in [0.2, 0.25) is 0 Å². The van der Waals surface area contributed by atoms with E-state index in [0.29, 0.717) is 22.8 Å². The van der Waals surface area contributed by atoms with E-state index in [1.54, 1.807) is 11.4 Å². The molecule has 120 valence electrons. The number of ketones is 1. The van der Waals surface area contributed by atoms with Crippen LogP contribution in [0.15, 0.2) is 60.0 Å². The molecular formula is C19H16N2O2S. The third-order valence-electron chi connectivity index (χ3n) is 3.58. The molecule has 0 radical (unpaired) electrons. The molecule has 0 saturated carbocycles. The molecule has 0 aliphatic rings. The van der Waals surface area contributed by atoms with Crippen LogP contribution in [-0.2, 0) is 6.42 Å². The first-order chi connectivity index (χ1) is 11.6. The number of benzene rings is 2. The summed E-state index contributed by atoms with van der Waals surface area (Å²) in [5, 5.41) is 4.85. The monoisotopic (exact) mass is 336 g/mol. The van der Waals surface area contributed by atoms with Crippen molar-refractivity contribution >= 4 is 28.2 Å². The summed E-state index contributed by atoms with van der Waals surface area (Å²) in [7, 11) is 0. The molecule has 1 N–H and O–H groups in total. The molecule has 1 amide bonds. The Morgan fingerprint density at radius 3 is 2.46 bits per heavy atom. The smallest absolute Gasteiger partial charge is 0.257 e. The molecule has 1 aromatic heterocycles. The topological polar surface area (TPSA) is 59.1 Å². The molecule has 1 heterocycles. The molecule has 3 rings (SSSR count).